The Bertz CT molecular complexity index is 987. The average Bonchev–Trinajstić information content (AvgIpc) is 3.59. The van der Waals surface area contributed by atoms with Crippen molar-refractivity contribution in [1.29, 1.82) is 0 Å². The minimum absolute atomic E-state index is 0.0220. The zero-order chi connectivity index (χ0) is 23.4. The molecule has 4 rings (SSSR count). The number of nitrogens with zero attached hydrogens (tertiary/aromatic N) is 1. The van der Waals surface area contributed by atoms with Crippen LogP contribution >= 0.6 is 0 Å². The van der Waals surface area contributed by atoms with E-state index in [2.05, 4.69) is 29.6 Å². The van der Waals surface area contributed by atoms with Crippen molar-refractivity contribution in [2.75, 3.05) is 13.2 Å². The standard InChI is InChI=1S/C26H30N2O5/c1-2-17(15-24(29)28(18-11-12-18)14-13-25(30)31)27-26(32)33-16-23-21-9-5-3-7-19(21)20-8-4-6-10-22(20)23/h3-10,17-18,23H,2,11-16H2,1H3,(H,27,32)(H,30,31)/t17-/m0/s1. The molecule has 7 heteroatoms. The number of aliphatic carboxylic acids is 1. The maximum Gasteiger partial charge on any atom is 0.407 e. The number of fused-ring (bicyclic) bond motifs is 3. The van der Waals surface area contributed by atoms with Gasteiger partial charge in [-0.05, 0) is 41.5 Å². The minimum Gasteiger partial charge on any atom is -0.481 e. The molecule has 2 amide bonds. The van der Waals surface area contributed by atoms with Gasteiger partial charge in [0.1, 0.15) is 6.61 Å². The highest BCUT2D eigenvalue weighted by Crippen LogP contribution is 2.44. The predicted octanol–water partition coefficient (Wildman–Crippen LogP) is 4.16. The first-order valence-electron chi connectivity index (χ1n) is 11.6. The van der Waals surface area contributed by atoms with Crippen LogP contribution in [0.3, 0.4) is 0 Å². The Morgan fingerprint density at radius 2 is 1.67 bits per heavy atom. The summed E-state index contributed by atoms with van der Waals surface area (Å²) in [7, 11) is 0. The molecule has 0 aliphatic heterocycles. The van der Waals surface area contributed by atoms with Crippen molar-refractivity contribution in [2.45, 2.75) is 57.0 Å². The fourth-order valence-electron chi connectivity index (χ4n) is 4.55. The van der Waals surface area contributed by atoms with Crippen molar-refractivity contribution >= 4 is 18.0 Å². The lowest BCUT2D eigenvalue weighted by atomic mass is 9.98. The highest BCUT2D eigenvalue weighted by atomic mass is 16.5. The number of rotatable bonds is 10. The third-order valence-electron chi connectivity index (χ3n) is 6.45. The summed E-state index contributed by atoms with van der Waals surface area (Å²) in [5.41, 5.74) is 4.63. The van der Waals surface area contributed by atoms with Crippen LogP contribution in [-0.2, 0) is 14.3 Å². The van der Waals surface area contributed by atoms with Gasteiger partial charge in [0.15, 0.2) is 0 Å². The third-order valence-corrected chi connectivity index (χ3v) is 6.45. The molecule has 174 valence electrons. The normalized spacial score (nSPS) is 15.3. The monoisotopic (exact) mass is 450 g/mol. The Hall–Kier alpha value is -3.35. The smallest absolute Gasteiger partial charge is 0.407 e. The summed E-state index contributed by atoms with van der Waals surface area (Å²) in [6.07, 6.45) is 1.91. The molecule has 2 aliphatic carbocycles. The maximum atomic E-state index is 12.8. The van der Waals surface area contributed by atoms with Gasteiger partial charge in [-0.2, -0.15) is 0 Å². The van der Waals surface area contributed by atoms with E-state index in [-0.39, 0.29) is 49.9 Å². The maximum absolute atomic E-state index is 12.8. The Labute approximate surface area is 193 Å². The Balaban J connectivity index is 1.33. The third kappa shape index (κ3) is 5.35. The largest absolute Gasteiger partial charge is 0.481 e. The first kappa shape index (κ1) is 22.8. The molecule has 0 saturated heterocycles. The molecule has 1 saturated carbocycles. The van der Waals surface area contributed by atoms with E-state index >= 15 is 0 Å². The van der Waals surface area contributed by atoms with Crippen molar-refractivity contribution in [3.8, 4) is 11.1 Å². The second-order valence-corrected chi connectivity index (χ2v) is 8.74. The van der Waals surface area contributed by atoms with E-state index in [4.69, 9.17) is 9.84 Å². The molecule has 33 heavy (non-hydrogen) atoms. The Kier molecular flexibility index (Phi) is 6.96. The molecular weight excluding hydrogens is 420 g/mol. The number of amides is 2. The molecule has 1 atom stereocenters. The molecule has 7 nitrogen and oxygen atoms in total. The number of carboxylic acids is 1. The van der Waals surface area contributed by atoms with Crippen LogP contribution in [0.5, 0.6) is 0 Å². The van der Waals surface area contributed by atoms with E-state index in [0.29, 0.717) is 6.42 Å². The van der Waals surface area contributed by atoms with Crippen LogP contribution < -0.4 is 5.32 Å². The molecule has 2 aromatic carbocycles. The highest BCUT2D eigenvalue weighted by Gasteiger charge is 2.34. The van der Waals surface area contributed by atoms with E-state index in [1.165, 1.54) is 11.1 Å². The number of hydrogen-bond acceptors (Lipinski definition) is 4. The van der Waals surface area contributed by atoms with E-state index in [0.717, 1.165) is 24.0 Å². The number of hydrogen-bond donors (Lipinski definition) is 2. The fourth-order valence-corrected chi connectivity index (χ4v) is 4.55. The lowest BCUT2D eigenvalue weighted by Gasteiger charge is -2.25. The number of alkyl carbamates (subject to hydrolysis) is 1. The number of ether oxygens (including phenoxy) is 1. The zero-order valence-electron chi connectivity index (χ0n) is 18.8. The molecule has 2 N–H and O–H groups in total. The van der Waals surface area contributed by atoms with Crippen molar-refractivity contribution in [3.63, 3.8) is 0 Å². The summed E-state index contributed by atoms with van der Waals surface area (Å²) in [5, 5.41) is 11.8. The van der Waals surface area contributed by atoms with Gasteiger partial charge in [0.05, 0.1) is 6.42 Å². The van der Waals surface area contributed by atoms with E-state index in [1.807, 2.05) is 31.2 Å². The van der Waals surface area contributed by atoms with Crippen LogP contribution in [0.25, 0.3) is 11.1 Å². The van der Waals surface area contributed by atoms with Crippen LogP contribution in [0.4, 0.5) is 4.79 Å². The Morgan fingerprint density at radius 3 is 2.21 bits per heavy atom. The van der Waals surface area contributed by atoms with Gasteiger partial charge >= 0.3 is 12.1 Å². The molecule has 0 unspecified atom stereocenters. The first-order valence-corrected chi connectivity index (χ1v) is 11.6. The number of carbonyl (C=O) groups is 3. The van der Waals surface area contributed by atoms with Gasteiger partial charge in [0, 0.05) is 31.0 Å². The fraction of sp³-hybridized carbons (Fsp3) is 0.423. The molecule has 0 spiro atoms. The summed E-state index contributed by atoms with van der Waals surface area (Å²) in [5.74, 6) is -1.06. The van der Waals surface area contributed by atoms with Crippen molar-refractivity contribution in [3.05, 3.63) is 59.7 Å². The van der Waals surface area contributed by atoms with Gasteiger partial charge in [-0.15, -0.1) is 0 Å². The topological polar surface area (TPSA) is 95.9 Å². The van der Waals surface area contributed by atoms with E-state index < -0.39 is 12.1 Å². The quantitative estimate of drug-likeness (QED) is 0.567. The van der Waals surface area contributed by atoms with Crippen molar-refractivity contribution in [2.24, 2.45) is 0 Å². The van der Waals surface area contributed by atoms with E-state index in [1.54, 1.807) is 4.90 Å². The lowest BCUT2D eigenvalue weighted by Crippen LogP contribution is -2.42. The van der Waals surface area contributed by atoms with E-state index in [9.17, 15) is 14.4 Å². The summed E-state index contributed by atoms with van der Waals surface area (Å²) >= 11 is 0. The predicted molar refractivity (Wildman–Crippen MR) is 124 cm³/mol. The molecule has 0 aromatic heterocycles. The molecule has 1 fully saturated rings. The van der Waals surface area contributed by atoms with Gasteiger partial charge in [-0.25, -0.2) is 4.79 Å². The second-order valence-electron chi connectivity index (χ2n) is 8.74. The summed E-state index contributed by atoms with van der Waals surface area (Å²) in [6, 6.07) is 16.1. The highest BCUT2D eigenvalue weighted by molar-refractivity contribution is 5.80. The minimum atomic E-state index is -0.919. The lowest BCUT2D eigenvalue weighted by molar-refractivity contribution is -0.138. The number of benzene rings is 2. The van der Waals surface area contributed by atoms with Gasteiger partial charge in [0.2, 0.25) is 5.91 Å². The Morgan fingerprint density at radius 1 is 1.06 bits per heavy atom. The van der Waals surface area contributed by atoms with Gasteiger partial charge in [0.25, 0.3) is 0 Å². The van der Waals surface area contributed by atoms with Crippen molar-refractivity contribution in [1.82, 2.24) is 10.2 Å². The van der Waals surface area contributed by atoms with Gasteiger partial charge in [-0.3, -0.25) is 9.59 Å². The van der Waals surface area contributed by atoms with Crippen LogP contribution in [-0.4, -0.2) is 53.2 Å². The second kappa shape index (κ2) is 10.1. The van der Waals surface area contributed by atoms with Crippen LogP contribution in [0.15, 0.2) is 48.5 Å². The molecular formula is C26H30N2O5. The molecule has 2 aliphatic rings. The number of carboxylic acid groups (broad SMARTS) is 1. The molecule has 0 heterocycles. The van der Waals surface area contributed by atoms with Crippen LogP contribution in [0, 0.1) is 0 Å². The van der Waals surface area contributed by atoms with Gasteiger partial charge in [-0.1, -0.05) is 55.5 Å². The molecule has 0 bridgehead atoms. The average molecular weight is 451 g/mol. The zero-order valence-corrected chi connectivity index (χ0v) is 18.8. The van der Waals surface area contributed by atoms with Crippen molar-refractivity contribution < 1.29 is 24.2 Å². The molecule has 2 aromatic rings. The SMILES string of the molecule is CC[C@@H](CC(=O)N(CCC(=O)O)C1CC1)NC(=O)OCC1c2ccccc2-c2ccccc21. The molecule has 0 radical (unpaired) electrons. The van der Waals surface area contributed by atoms with Gasteiger partial charge < -0.3 is 20.1 Å². The summed E-state index contributed by atoms with van der Waals surface area (Å²) < 4.78 is 5.60. The van der Waals surface area contributed by atoms with Crippen LogP contribution in [0.1, 0.15) is 56.1 Å². The summed E-state index contributed by atoms with van der Waals surface area (Å²) in [4.78, 5) is 37.9. The van der Waals surface area contributed by atoms with Crippen LogP contribution in [0.2, 0.25) is 0 Å². The number of carbonyl (C=O) groups excluding carboxylic acids is 2. The first-order chi connectivity index (χ1) is 16.0. The summed E-state index contributed by atoms with van der Waals surface area (Å²) in [6.45, 7) is 2.33. The number of nitrogens with one attached hydrogen (secondary N) is 1.